The van der Waals surface area contributed by atoms with E-state index in [4.69, 9.17) is 0 Å². The molecule has 3 heterocycles. The molecule has 0 aliphatic rings. The van der Waals surface area contributed by atoms with Gasteiger partial charge < -0.3 is 9.88 Å². The molecule has 0 aliphatic heterocycles. The molecule has 1 atom stereocenters. The van der Waals surface area contributed by atoms with Crippen LogP contribution in [-0.4, -0.2) is 30.4 Å². The fourth-order valence-electron chi connectivity index (χ4n) is 2.99. The van der Waals surface area contributed by atoms with Crippen molar-refractivity contribution in [2.45, 2.75) is 6.04 Å². The second-order valence-corrected chi connectivity index (χ2v) is 6.38. The number of nitrogens with one attached hydrogen (secondary N) is 3. The van der Waals surface area contributed by atoms with Crippen LogP contribution in [-0.2, 0) is 7.05 Å². The summed E-state index contributed by atoms with van der Waals surface area (Å²) >= 11 is 0. The van der Waals surface area contributed by atoms with E-state index in [0.717, 1.165) is 0 Å². The van der Waals surface area contributed by atoms with Crippen molar-refractivity contribution >= 4 is 16.9 Å². The maximum atomic E-state index is 13.3. The van der Waals surface area contributed by atoms with E-state index in [-0.39, 0.29) is 16.6 Å². The second kappa shape index (κ2) is 7.15. The van der Waals surface area contributed by atoms with E-state index >= 15 is 0 Å². The lowest BCUT2D eigenvalue weighted by molar-refractivity contribution is 0.0941. The molecular weight excluding hydrogens is 379 g/mol. The van der Waals surface area contributed by atoms with Gasteiger partial charge in [-0.25, -0.2) is 19.2 Å². The Balaban J connectivity index is 1.72. The summed E-state index contributed by atoms with van der Waals surface area (Å²) in [5, 5.41) is 2.92. The smallest absolute Gasteiger partial charge is 0.327 e. The number of rotatable bonds is 4. The minimum atomic E-state index is -0.682. The minimum Gasteiger partial charge on any atom is -0.338 e. The fraction of sp³-hybridized carbons (Fsp3) is 0.105. The van der Waals surface area contributed by atoms with Crippen molar-refractivity contribution in [2.75, 3.05) is 0 Å². The van der Waals surface area contributed by atoms with Crippen molar-refractivity contribution in [2.24, 2.45) is 7.05 Å². The van der Waals surface area contributed by atoms with Crippen LogP contribution in [0.1, 0.15) is 27.8 Å². The van der Waals surface area contributed by atoms with Gasteiger partial charge in [-0.15, -0.1) is 0 Å². The average Bonchev–Trinajstić information content (AvgIpc) is 3.12. The summed E-state index contributed by atoms with van der Waals surface area (Å²) < 4.78 is 15.1. The number of carbonyl (C=O) groups is 1. The monoisotopic (exact) mass is 394 g/mol. The van der Waals surface area contributed by atoms with Crippen molar-refractivity contribution in [3.63, 3.8) is 0 Å². The standard InChI is InChI=1S/C19H15FN6O3/c1-26-7-6-21-16(26)14(10-2-4-12(20)5-3-10)23-17(27)11-8-13-15(22-9-11)24-19(29)25-18(13)28/h2-9,14H,1H3,(H,23,27)(H2,22,24,25,28,29). The summed E-state index contributed by atoms with van der Waals surface area (Å²) in [5.74, 6) is -0.367. The Kier molecular flexibility index (Phi) is 4.51. The van der Waals surface area contributed by atoms with Crippen LogP contribution >= 0.6 is 0 Å². The molecule has 0 radical (unpaired) electrons. The number of benzene rings is 1. The van der Waals surface area contributed by atoms with Gasteiger partial charge in [0.25, 0.3) is 11.5 Å². The van der Waals surface area contributed by atoms with Gasteiger partial charge >= 0.3 is 5.69 Å². The third-order valence-electron chi connectivity index (χ3n) is 4.45. The Morgan fingerprint density at radius 2 is 1.93 bits per heavy atom. The van der Waals surface area contributed by atoms with Gasteiger partial charge in [0.1, 0.15) is 23.3 Å². The molecule has 0 bridgehead atoms. The number of aromatic nitrogens is 5. The zero-order valence-corrected chi connectivity index (χ0v) is 15.1. The van der Waals surface area contributed by atoms with Gasteiger partial charge in [-0.05, 0) is 23.8 Å². The van der Waals surface area contributed by atoms with Crippen molar-refractivity contribution < 1.29 is 9.18 Å². The van der Waals surface area contributed by atoms with Crippen LogP contribution in [0.15, 0.2) is 58.5 Å². The van der Waals surface area contributed by atoms with Gasteiger partial charge in [0.05, 0.1) is 10.9 Å². The first kappa shape index (κ1) is 18.3. The lowest BCUT2D eigenvalue weighted by atomic mass is 10.1. The van der Waals surface area contributed by atoms with Crippen LogP contribution in [0.5, 0.6) is 0 Å². The van der Waals surface area contributed by atoms with Crippen molar-refractivity contribution in [3.8, 4) is 0 Å². The Morgan fingerprint density at radius 1 is 1.17 bits per heavy atom. The fourth-order valence-corrected chi connectivity index (χ4v) is 2.99. The highest BCUT2D eigenvalue weighted by atomic mass is 19.1. The predicted octanol–water partition coefficient (Wildman–Crippen LogP) is 1.00. The summed E-state index contributed by atoms with van der Waals surface area (Å²) in [6.45, 7) is 0. The molecule has 0 fully saturated rings. The van der Waals surface area contributed by atoms with Gasteiger partial charge in [0.2, 0.25) is 0 Å². The molecule has 1 amide bonds. The maximum absolute atomic E-state index is 13.3. The molecule has 9 nitrogen and oxygen atoms in total. The zero-order chi connectivity index (χ0) is 20.5. The van der Waals surface area contributed by atoms with Gasteiger partial charge in [-0.2, -0.15) is 0 Å². The molecule has 0 aliphatic carbocycles. The van der Waals surface area contributed by atoms with E-state index in [0.29, 0.717) is 11.4 Å². The Labute approximate surface area is 162 Å². The number of amides is 1. The highest BCUT2D eigenvalue weighted by Crippen LogP contribution is 2.21. The number of aromatic amines is 2. The predicted molar refractivity (Wildman–Crippen MR) is 102 cm³/mol. The SMILES string of the molecule is Cn1ccnc1C(NC(=O)c1cnc2[nH]c(=O)[nH]c(=O)c2c1)c1ccc(F)cc1. The molecule has 0 saturated carbocycles. The van der Waals surface area contributed by atoms with E-state index in [1.165, 1.54) is 24.4 Å². The normalized spacial score (nSPS) is 12.1. The van der Waals surface area contributed by atoms with E-state index in [9.17, 15) is 18.8 Å². The van der Waals surface area contributed by atoms with Crippen LogP contribution < -0.4 is 16.6 Å². The zero-order valence-electron chi connectivity index (χ0n) is 15.1. The third-order valence-corrected chi connectivity index (χ3v) is 4.45. The number of H-pyrrole nitrogens is 2. The number of halogens is 1. The van der Waals surface area contributed by atoms with Crippen LogP contribution in [0, 0.1) is 5.82 Å². The Bertz CT molecular complexity index is 1320. The number of aryl methyl sites for hydroxylation is 1. The van der Waals surface area contributed by atoms with Crippen molar-refractivity contribution in [1.82, 2.24) is 29.8 Å². The highest BCUT2D eigenvalue weighted by Gasteiger charge is 2.22. The minimum absolute atomic E-state index is 0.0765. The van der Waals surface area contributed by atoms with Crippen LogP contribution in [0.25, 0.3) is 11.0 Å². The number of hydrogen-bond acceptors (Lipinski definition) is 5. The molecule has 0 saturated heterocycles. The van der Waals surface area contributed by atoms with Crippen molar-refractivity contribution in [1.29, 1.82) is 0 Å². The lowest BCUT2D eigenvalue weighted by Gasteiger charge is -2.19. The van der Waals surface area contributed by atoms with E-state index < -0.39 is 29.0 Å². The molecular formula is C19H15FN6O3. The largest absolute Gasteiger partial charge is 0.338 e. The average molecular weight is 394 g/mol. The molecule has 29 heavy (non-hydrogen) atoms. The lowest BCUT2D eigenvalue weighted by Crippen LogP contribution is -2.31. The molecule has 4 aromatic rings. The number of imidazole rings is 1. The Hall–Kier alpha value is -4.08. The summed E-state index contributed by atoms with van der Waals surface area (Å²) in [6.07, 6.45) is 4.57. The first-order chi connectivity index (χ1) is 13.9. The van der Waals surface area contributed by atoms with Crippen LogP contribution in [0.2, 0.25) is 0 Å². The van der Waals surface area contributed by atoms with Gasteiger partial charge in [-0.1, -0.05) is 12.1 Å². The van der Waals surface area contributed by atoms with E-state index in [1.54, 1.807) is 36.1 Å². The van der Waals surface area contributed by atoms with Crippen LogP contribution in [0.3, 0.4) is 0 Å². The van der Waals surface area contributed by atoms with Gasteiger partial charge in [0, 0.05) is 25.6 Å². The molecule has 4 rings (SSSR count). The number of carbonyl (C=O) groups excluding carboxylic acids is 1. The summed E-state index contributed by atoms with van der Waals surface area (Å²) in [7, 11) is 1.78. The highest BCUT2D eigenvalue weighted by molar-refractivity contribution is 5.97. The van der Waals surface area contributed by atoms with Crippen molar-refractivity contribution in [3.05, 3.63) is 92.5 Å². The van der Waals surface area contributed by atoms with Gasteiger partial charge in [0.15, 0.2) is 0 Å². The summed E-state index contributed by atoms with van der Waals surface area (Å²) in [5.41, 5.74) is -0.501. The maximum Gasteiger partial charge on any atom is 0.327 e. The number of nitrogens with zero attached hydrogens (tertiary/aromatic N) is 3. The van der Waals surface area contributed by atoms with Crippen LogP contribution in [0.4, 0.5) is 4.39 Å². The molecule has 1 unspecified atom stereocenters. The summed E-state index contributed by atoms with van der Waals surface area (Å²) in [6, 6.07) is 6.39. The molecule has 146 valence electrons. The number of fused-ring (bicyclic) bond motifs is 1. The molecule has 3 aromatic heterocycles. The van der Waals surface area contributed by atoms with Gasteiger partial charge in [-0.3, -0.25) is 19.6 Å². The molecule has 3 N–H and O–H groups in total. The Morgan fingerprint density at radius 3 is 2.62 bits per heavy atom. The molecule has 1 aromatic carbocycles. The van der Waals surface area contributed by atoms with E-state index in [2.05, 4.69) is 25.3 Å². The third kappa shape index (κ3) is 3.55. The topological polar surface area (TPSA) is 126 Å². The molecule has 10 heteroatoms. The first-order valence-corrected chi connectivity index (χ1v) is 8.58. The second-order valence-electron chi connectivity index (χ2n) is 6.38. The number of hydrogen-bond donors (Lipinski definition) is 3. The first-order valence-electron chi connectivity index (χ1n) is 8.58. The quantitative estimate of drug-likeness (QED) is 0.476. The summed E-state index contributed by atoms with van der Waals surface area (Å²) in [4.78, 5) is 49.0. The number of pyridine rings is 1. The molecule has 0 spiro atoms. The van der Waals surface area contributed by atoms with E-state index in [1.807, 2.05) is 0 Å².